The average Bonchev–Trinajstić information content (AvgIpc) is 3.05. The molecule has 1 atom stereocenters. The molecule has 0 aliphatic carbocycles. The highest BCUT2D eigenvalue weighted by Gasteiger charge is 2.14. The quantitative estimate of drug-likeness (QED) is 0.848. The number of hydrogen-bond donors (Lipinski definition) is 1. The number of nitrogens with zero attached hydrogens (tertiary/aromatic N) is 3. The first-order valence-corrected chi connectivity index (χ1v) is 8.12. The molecule has 2 rings (SSSR count). The third kappa shape index (κ3) is 4.14. The molecule has 0 saturated heterocycles. The molecule has 0 radical (unpaired) electrons. The summed E-state index contributed by atoms with van der Waals surface area (Å²) in [7, 11) is 1.84. The smallest absolute Gasteiger partial charge is 0.246 e. The SMILES string of the molecule is CCc1sc(C(C)NC(=O)COCc2nncn2C)cc1C. The van der Waals surface area contributed by atoms with E-state index in [2.05, 4.69) is 35.4 Å². The molecule has 22 heavy (non-hydrogen) atoms. The van der Waals surface area contributed by atoms with Crippen LogP contribution >= 0.6 is 11.3 Å². The molecule has 1 amide bonds. The van der Waals surface area contributed by atoms with Gasteiger partial charge in [-0.15, -0.1) is 21.5 Å². The first-order valence-electron chi connectivity index (χ1n) is 7.30. The maximum atomic E-state index is 11.9. The number of aryl methyl sites for hydroxylation is 3. The Balaban J connectivity index is 1.79. The lowest BCUT2D eigenvalue weighted by Gasteiger charge is -2.12. The largest absolute Gasteiger partial charge is 0.364 e. The van der Waals surface area contributed by atoms with E-state index in [4.69, 9.17) is 4.74 Å². The van der Waals surface area contributed by atoms with Crippen molar-refractivity contribution >= 4 is 17.2 Å². The van der Waals surface area contributed by atoms with E-state index in [1.54, 1.807) is 22.2 Å². The number of ether oxygens (including phenoxy) is 1. The third-order valence-corrected chi connectivity index (χ3v) is 5.00. The van der Waals surface area contributed by atoms with Crippen LogP contribution in [0.4, 0.5) is 0 Å². The summed E-state index contributed by atoms with van der Waals surface area (Å²) in [6.07, 6.45) is 2.63. The molecule has 7 heteroatoms. The first kappa shape index (κ1) is 16.6. The molecule has 6 nitrogen and oxygen atoms in total. The molecule has 0 aliphatic rings. The fourth-order valence-electron chi connectivity index (χ4n) is 2.14. The summed E-state index contributed by atoms with van der Waals surface area (Å²) in [5.41, 5.74) is 1.29. The second-order valence-electron chi connectivity index (χ2n) is 5.25. The van der Waals surface area contributed by atoms with E-state index in [0.717, 1.165) is 6.42 Å². The van der Waals surface area contributed by atoms with Crippen molar-refractivity contribution in [1.29, 1.82) is 0 Å². The van der Waals surface area contributed by atoms with Gasteiger partial charge in [0.15, 0.2) is 5.82 Å². The molecular formula is C15H22N4O2S. The van der Waals surface area contributed by atoms with Gasteiger partial charge < -0.3 is 14.6 Å². The molecule has 120 valence electrons. The zero-order chi connectivity index (χ0) is 16.1. The third-order valence-electron chi connectivity index (χ3n) is 3.43. The predicted octanol–water partition coefficient (Wildman–Crippen LogP) is 2.14. The summed E-state index contributed by atoms with van der Waals surface area (Å²) >= 11 is 1.76. The van der Waals surface area contributed by atoms with Gasteiger partial charge in [-0.1, -0.05) is 6.92 Å². The van der Waals surface area contributed by atoms with Crippen LogP contribution in [0.15, 0.2) is 12.4 Å². The zero-order valence-electron chi connectivity index (χ0n) is 13.4. The van der Waals surface area contributed by atoms with Gasteiger partial charge in [-0.05, 0) is 31.9 Å². The maximum absolute atomic E-state index is 11.9. The van der Waals surface area contributed by atoms with Crippen LogP contribution in [0, 0.1) is 6.92 Å². The van der Waals surface area contributed by atoms with E-state index in [-0.39, 0.29) is 25.2 Å². The Labute approximate surface area is 134 Å². The molecule has 0 fully saturated rings. The Morgan fingerprint density at radius 1 is 1.55 bits per heavy atom. The van der Waals surface area contributed by atoms with E-state index >= 15 is 0 Å². The van der Waals surface area contributed by atoms with E-state index < -0.39 is 0 Å². The lowest BCUT2D eigenvalue weighted by Crippen LogP contribution is -2.29. The van der Waals surface area contributed by atoms with Crippen LogP contribution < -0.4 is 5.32 Å². The van der Waals surface area contributed by atoms with Gasteiger partial charge in [0.1, 0.15) is 19.5 Å². The highest BCUT2D eigenvalue weighted by Crippen LogP contribution is 2.27. The number of carbonyl (C=O) groups excluding carboxylic acids is 1. The van der Waals surface area contributed by atoms with Crippen LogP contribution in [-0.4, -0.2) is 27.3 Å². The summed E-state index contributed by atoms with van der Waals surface area (Å²) in [5.74, 6) is 0.570. The van der Waals surface area contributed by atoms with Gasteiger partial charge in [0.05, 0.1) is 6.04 Å². The van der Waals surface area contributed by atoms with Crippen LogP contribution in [0.3, 0.4) is 0 Å². The van der Waals surface area contributed by atoms with Crippen LogP contribution in [0.5, 0.6) is 0 Å². The molecule has 0 aliphatic heterocycles. The maximum Gasteiger partial charge on any atom is 0.246 e. The fraction of sp³-hybridized carbons (Fsp3) is 0.533. The number of carbonyl (C=O) groups is 1. The molecule has 0 bridgehead atoms. The number of thiophene rings is 1. The van der Waals surface area contributed by atoms with Crippen LogP contribution in [0.25, 0.3) is 0 Å². The summed E-state index contributed by atoms with van der Waals surface area (Å²) in [6, 6.07) is 2.14. The molecule has 2 heterocycles. The number of rotatable bonds is 7. The molecule has 0 spiro atoms. The summed E-state index contributed by atoms with van der Waals surface area (Å²) in [6.45, 7) is 6.54. The van der Waals surface area contributed by atoms with E-state index in [9.17, 15) is 4.79 Å². The van der Waals surface area contributed by atoms with Crippen LogP contribution in [-0.2, 0) is 29.6 Å². The van der Waals surface area contributed by atoms with Gasteiger partial charge >= 0.3 is 0 Å². The number of aromatic nitrogens is 3. The molecule has 2 aromatic rings. The van der Waals surface area contributed by atoms with Crippen molar-refractivity contribution in [2.24, 2.45) is 7.05 Å². The minimum Gasteiger partial charge on any atom is -0.364 e. The van der Waals surface area contributed by atoms with Crippen molar-refractivity contribution < 1.29 is 9.53 Å². The van der Waals surface area contributed by atoms with Crippen molar-refractivity contribution in [3.8, 4) is 0 Å². The molecule has 2 aromatic heterocycles. The summed E-state index contributed by atoms with van der Waals surface area (Å²) in [4.78, 5) is 14.5. The lowest BCUT2D eigenvalue weighted by molar-refractivity contribution is -0.126. The normalized spacial score (nSPS) is 12.4. The predicted molar refractivity (Wildman–Crippen MR) is 85.7 cm³/mol. The monoisotopic (exact) mass is 322 g/mol. The van der Waals surface area contributed by atoms with Crippen molar-refractivity contribution in [3.63, 3.8) is 0 Å². The van der Waals surface area contributed by atoms with Crippen molar-refractivity contribution in [2.45, 2.75) is 39.8 Å². The molecular weight excluding hydrogens is 300 g/mol. The van der Waals surface area contributed by atoms with Crippen molar-refractivity contribution in [1.82, 2.24) is 20.1 Å². The average molecular weight is 322 g/mol. The summed E-state index contributed by atoms with van der Waals surface area (Å²) < 4.78 is 7.14. The first-order chi connectivity index (χ1) is 10.5. The molecule has 0 aromatic carbocycles. The number of hydrogen-bond acceptors (Lipinski definition) is 5. The lowest BCUT2D eigenvalue weighted by atomic mass is 10.2. The highest BCUT2D eigenvalue weighted by atomic mass is 32.1. The van der Waals surface area contributed by atoms with Crippen molar-refractivity contribution in [2.75, 3.05) is 6.61 Å². The zero-order valence-corrected chi connectivity index (χ0v) is 14.2. The van der Waals surface area contributed by atoms with Gasteiger partial charge in [-0.25, -0.2) is 0 Å². The van der Waals surface area contributed by atoms with Gasteiger partial charge in [-0.3, -0.25) is 4.79 Å². The van der Waals surface area contributed by atoms with Crippen LogP contribution in [0.2, 0.25) is 0 Å². The van der Waals surface area contributed by atoms with E-state index in [1.165, 1.54) is 15.3 Å². The highest BCUT2D eigenvalue weighted by molar-refractivity contribution is 7.12. The standard InChI is InChI=1S/C15H22N4O2S/c1-5-12-10(2)6-13(22-12)11(3)17-15(20)8-21-7-14-18-16-9-19(14)4/h6,9,11H,5,7-8H2,1-4H3,(H,17,20). The minimum absolute atomic E-state index is 0.00470. The van der Waals surface area contributed by atoms with Gasteiger partial charge in [0.2, 0.25) is 5.91 Å². The Morgan fingerprint density at radius 3 is 2.91 bits per heavy atom. The topological polar surface area (TPSA) is 69.0 Å². The van der Waals surface area contributed by atoms with Crippen molar-refractivity contribution in [3.05, 3.63) is 33.5 Å². The second-order valence-corrected chi connectivity index (χ2v) is 6.42. The van der Waals surface area contributed by atoms with Gasteiger partial charge in [0.25, 0.3) is 0 Å². The fourth-order valence-corrected chi connectivity index (χ4v) is 3.26. The van der Waals surface area contributed by atoms with Gasteiger partial charge in [-0.2, -0.15) is 0 Å². The Kier molecular flexibility index (Phi) is 5.68. The Morgan fingerprint density at radius 2 is 2.32 bits per heavy atom. The van der Waals surface area contributed by atoms with Crippen LogP contribution in [0.1, 0.15) is 41.0 Å². The second kappa shape index (κ2) is 7.51. The Hall–Kier alpha value is -1.73. The Bertz CT molecular complexity index is 635. The van der Waals surface area contributed by atoms with E-state index in [0.29, 0.717) is 5.82 Å². The number of amides is 1. The number of nitrogens with one attached hydrogen (secondary N) is 1. The van der Waals surface area contributed by atoms with Gasteiger partial charge in [0, 0.05) is 16.8 Å². The molecule has 1 unspecified atom stereocenters. The molecule has 1 N–H and O–H groups in total. The summed E-state index contributed by atoms with van der Waals surface area (Å²) in [5, 5.41) is 10.6. The van der Waals surface area contributed by atoms with E-state index in [1.807, 2.05) is 14.0 Å². The minimum atomic E-state index is -0.126. The molecule has 0 saturated carbocycles.